The van der Waals surface area contributed by atoms with Crippen molar-refractivity contribution in [1.29, 1.82) is 0 Å². The minimum Gasteiger partial charge on any atom is -0.462 e. The highest BCUT2D eigenvalue weighted by atomic mass is 16.6. The van der Waals surface area contributed by atoms with Crippen LogP contribution >= 0.6 is 0 Å². The van der Waals surface area contributed by atoms with Gasteiger partial charge in [-0.05, 0) is 83.5 Å². The van der Waals surface area contributed by atoms with Crippen LogP contribution in [0.15, 0.2) is 60.8 Å². The van der Waals surface area contributed by atoms with Gasteiger partial charge in [-0.25, -0.2) is 0 Å². The smallest absolute Gasteiger partial charge is 0.306 e. The monoisotopic (exact) mass is 1110 g/mol. The molecule has 0 heterocycles. The maximum Gasteiger partial charge on any atom is 0.306 e. The van der Waals surface area contributed by atoms with Crippen LogP contribution in [-0.4, -0.2) is 37.2 Å². The molecule has 1 atom stereocenters. The molecule has 0 spiro atoms. The summed E-state index contributed by atoms with van der Waals surface area (Å²) in [5.41, 5.74) is 0. The number of esters is 3. The highest BCUT2D eigenvalue weighted by Crippen LogP contribution is 2.18. The van der Waals surface area contributed by atoms with Crippen LogP contribution in [0.25, 0.3) is 0 Å². The number of unbranched alkanes of at least 4 members (excludes halogenated alkanes) is 43. The summed E-state index contributed by atoms with van der Waals surface area (Å²) in [6, 6.07) is 0. The van der Waals surface area contributed by atoms with E-state index < -0.39 is 6.10 Å². The molecule has 0 saturated carbocycles. The zero-order chi connectivity index (χ0) is 57.1. The molecule has 0 rings (SSSR count). The number of rotatable bonds is 64. The quantitative estimate of drug-likeness (QED) is 0.0261. The third kappa shape index (κ3) is 65.8. The van der Waals surface area contributed by atoms with Gasteiger partial charge in [0.1, 0.15) is 13.2 Å². The zero-order valence-electron chi connectivity index (χ0n) is 52.9. The molecule has 0 radical (unpaired) electrons. The average Bonchev–Trinajstić information content (AvgIpc) is 3.45. The second-order valence-electron chi connectivity index (χ2n) is 23.4. The number of hydrogen-bond acceptors (Lipinski definition) is 6. The zero-order valence-corrected chi connectivity index (χ0v) is 52.9. The summed E-state index contributed by atoms with van der Waals surface area (Å²) in [7, 11) is 0. The van der Waals surface area contributed by atoms with E-state index in [2.05, 4.69) is 81.5 Å². The van der Waals surface area contributed by atoms with Crippen LogP contribution in [0, 0.1) is 0 Å². The molecule has 79 heavy (non-hydrogen) atoms. The summed E-state index contributed by atoms with van der Waals surface area (Å²) in [5, 5.41) is 0. The van der Waals surface area contributed by atoms with Crippen LogP contribution in [0.1, 0.15) is 367 Å². The Bertz CT molecular complexity index is 1410. The largest absolute Gasteiger partial charge is 0.462 e. The molecular weight excluding hydrogens is 973 g/mol. The summed E-state index contributed by atoms with van der Waals surface area (Å²) in [4.78, 5) is 38.4. The van der Waals surface area contributed by atoms with Crippen LogP contribution in [0.4, 0.5) is 0 Å². The van der Waals surface area contributed by atoms with E-state index in [0.717, 1.165) is 83.5 Å². The summed E-state index contributed by atoms with van der Waals surface area (Å²) < 4.78 is 17.0. The maximum absolute atomic E-state index is 12.9. The molecule has 0 aromatic carbocycles. The molecule has 0 aromatic rings. The SMILES string of the molecule is CC/C=C\C/C=C\C/C=C\C/C=C\CCCCCCCCCCCCC(=O)OC(COC(=O)CCCCCCCCCCCCCCC)COC(=O)CCCCCCCCCCCCCCC/C=C\CCCCCCCCCC. The van der Waals surface area contributed by atoms with E-state index >= 15 is 0 Å². The van der Waals surface area contributed by atoms with Crippen molar-refractivity contribution in [3.63, 3.8) is 0 Å². The van der Waals surface area contributed by atoms with Crippen molar-refractivity contribution in [3.8, 4) is 0 Å². The lowest BCUT2D eigenvalue weighted by Crippen LogP contribution is -2.30. The van der Waals surface area contributed by atoms with Crippen molar-refractivity contribution < 1.29 is 28.6 Å². The molecule has 0 fully saturated rings. The Morgan fingerprint density at radius 1 is 0.266 bits per heavy atom. The van der Waals surface area contributed by atoms with Gasteiger partial charge >= 0.3 is 17.9 Å². The molecule has 460 valence electrons. The lowest BCUT2D eigenvalue weighted by molar-refractivity contribution is -0.167. The average molecular weight is 1110 g/mol. The first-order chi connectivity index (χ1) is 39.0. The van der Waals surface area contributed by atoms with Gasteiger partial charge in [0, 0.05) is 19.3 Å². The fraction of sp³-hybridized carbons (Fsp3) is 0.822. The van der Waals surface area contributed by atoms with Crippen LogP contribution in [0.3, 0.4) is 0 Å². The molecule has 0 aliphatic heterocycles. The molecule has 0 bridgehead atoms. The van der Waals surface area contributed by atoms with Crippen molar-refractivity contribution >= 4 is 17.9 Å². The fourth-order valence-electron chi connectivity index (χ4n) is 10.3. The number of allylic oxidation sites excluding steroid dienone is 10. The van der Waals surface area contributed by atoms with Gasteiger partial charge in [0.2, 0.25) is 0 Å². The third-order valence-electron chi connectivity index (χ3n) is 15.5. The Labute approximate surface area is 491 Å². The molecule has 0 aliphatic rings. The Kier molecular flexibility index (Phi) is 65.1. The van der Waals surface area contributed by atoms with Gasteiger partial charge in [-0.3, -0.25) is 14.4 Å². The highest BCUT2D eigenvalue weighted by Gasteiger charge is 2.19. The van der Waals surface area contributed by atoms with Crippen molar-refractivity contribution in [2.75, 3.05) is 13.2 Å². The highest BCUT2D eigenvalue weighted by molar-refractivity contribution is 5.71. The summed E-state index contributed by atoms with van der Waals surface area (Å²) in [6.07, 6.45) is 86.7. The minimum atomic E-state index is -0.776. The molecule has 0 aliphatic carbocycles. The Morgan fingerprint density at radius 3 is 0.785 bits per heavy atom. The van der Waals surface area contributed by atoms with Gasteiger partial charge in [0.25, 0.3) is 0 Å². The maximum atomic E-state index is 12.9. The summed E-state index contributed by atoms with van der Waals surface area (Å²) >= 11 is 0. The first-order valence-electron chi connectivity index (χ1n) is 34.8. The molecule has 0 amide bonds. The van der Waals surface area contributed by atoms with E-state index in [9.17, 15) is 14.4 Å². The van der Waals surface area contributed by atoms with Crippen molar-refractivity contribution in [2.24, 2.45) is 0 Å². The van der Waals surface area contributed by atoms with Crippen molar-refractivity contribution in [3.05, 3.63) is 60.8 Å². The first kappa shape index (κ1) is 76.1. The van der Waals surface area contributed by atoms with E-state index in [0.29, 0.717) is 19.3 Å². The molecule has 0 saturated heterocycles. The minimum absolute atomic E-state index is 0.0714. The van der Waals surface area contributed by atoms with Gasteiger partial charge < -0.3 is 14.2 Å². The van der Waals surface area contributed by atoms with Crippen LogP contribution in [0.2, 0.25) is 0 Å². The summed E-state index contributed by atoms with van der Waals surface area (Å²) in [6.45, 7) is 6.58. The van der Waals surface area contributed by atoms with Crippen LogP contribution in [-0.2, 0) is 28.6 Å². The molecular formula is C73H132O6. The van der Waals surface area contributed by atoms with E-state index in [1.54, 1.807) is 0 Å². The second-order valence-corrected chi connectivity index (χ2v) is 23.4. The van der Waals surface area contributed by atoms with E-state index in [1.165, 1.54) is 244 Å². The van der Waals surface area contributed by atoms with Gasteiger partial charge in [-0.2, -0.15) is 0 Å². The van der Waals surface area contributed by atoms with Crippen LogP contribution in [0.5, 0.6) is 0 Å². The molecule has 0 N–H and O–H groups in total. The van der Waals surface area contributed by atoms with Crippen molar-refractivity contribution in [1.82, 2.24) is 0 Å². The molecule has 6 heteroatoms. The Balaban J connectivity index is 4.26. The number of hydrogen-bond donors (Lipinski definition) is 0. The van der Waals surface area contributed by atoms with Crippen LogP contribution < -0.4 is 0 Å². The second kappa shape index (κ2) is 67.6. The number of carbonyl (C=O) groups excluding carboxylic acids is 3. The first-order valence-corrected chi connectivity index (χ1v) is 34.8. The van der Waals surface area contributed by atoms with E-state index in [-0.39, 0.29) is 31.1 Å². The molecule has 6 nitrogen and oxygen atoms in total. The van der Waals surface area contributed by atoms with Gasteiger partial charge in [0.05, 0.1) is 0 Å². The van der Waals surface area contributed by atoms with Gasteiger partial charge in [-0.1, -0.05) is 326 Å². The predicted molar refractivity (Wildman–Crippen MR) is 344 cm³/mol. The molecule has 1 unspecified atom stereocenters. The van der Waals surface area contributed by atoms with Gasteiger partial charge in [0.15, 0.2) is 6.10 Å². The van der Waals surface area contributed by atoms with E-state index in [1.807, 2.05) is 0 Å². The summed E-state index contributed by atoms with van der Waals surface area (Å²) in [5.74, 6) is -0.852. The number of carbonyl (C=O) groups is 3. The Hall–Kier alpha value is -2.89. The standard InChI is InChI=1S/C73H132O6/c1-4-7-10-13-16-19-22-25-27-29-31-33-35-36-38-39-41-43-45-48-51-54-57-60-63-66-72(75)78-69-70(68-77-71(74)65-62-59-56-53-50-47-24-21-18-15-12-9-6-3)79-73(76)67-64-61-58-55-52-49-46-44-42-40-37-34-32-30-28-26-23-20-17-14-11-8-5-2/h8,11,17,20,26,28-29,31-32,34,70H,4-7,9-10,12-16,18-19,21-25,27,30,33,35-69H2,1-3H3/b11-8-,20-17-,28-26-,31-29-,34-32-. The lowest BCUT2D eigenvalue weighted by Gasteiger charge is -2.18. The topological polar surface area (TPSA) is 78.9 Å². The Morgan fingerprint density at radius 2 is 0.494 bits per heavy atom. The van der Waals surface area contributed by atoms with Crippen molar-refractivity contribution in [2.45, 2.75) is 374 Å². The fourth-order valence-corrected chi connectivity index (χ4v) is 10.3. The van der Waals surface area contributed by atoms with E-state index in [4.69, 9.17) is 14.2 Å². The normalized spacial score (nSPS) is 12.4. The predicted octanol–water partition coefficient (Wildman–Crippen LogP) is 23.9. The number of ether oxygens (including phenoxy) is 3. The van der Waals surface area contributed by atoms with Gasteiger partial charge in [-0.15, -0.1) is 0 Å². The lowest BCUT2D eigenvalue weighted by atomic mass is 10.0. The third-order valence-corrected chi connectivity index (χ3v) is 15.5. The molecule has 0 aromatic heterocycles.